The van der Waals surface area contributed by atoms with Gasteiger partial charge in [-0.3, -0.25) is 0 Å². The van der Waals surface area contributed by atoms with Crippen LogP contribution in [0.1, 0.15) is 32.0 Å². The van der Waals surface area contributed by atoms with Gasteiger partial charge in [0.2, 0.25) is 5.89 Å². The maximum absolute atomic E-state index is 11.9. The lowest BCUT2D eigenvalue weighted by Crippen LogP contribution is -2.29. The first kappa shape index (κ1) is 16.9. The van der Waals surface area contributed by atoms with Crippen LogP contribution in [0.5, 0.6) is 0 Å². The fourth-order valence-corrected chi connectivity index (χ4v) is 1.77. The number of ether oxygens (including phenoxy) is 1. The van der Waals surface area contributed by atoms with Crippen molar-refractivity contribution in [2.45, 2.75) is 45.5 Å². The summed E-state index contributed by atoms with van der Waals surface area (Å²) >= 11 is 0. The maximum Gasteiger partial charge on any atom is 0.411 e. The second kappa shape index (κ2) is 7.58. The van der Waals surface area contributed by atoms with Crippen molar-refractivity contribution in [3.63, 3.8) is 0 Å². The molecule has 0 fully saturated rings. The Balaban J connectivity index is 2.42. The van der Waals surface area contributed by atoms with E-state index in [2.05, 4.69) is 34.0 Å². The number of aromatic nitrogens is 2. The number of alkyl halides is 3. The summed E-state index contributed by atoms with van der Waals surface area (Å²) in [6.07, 6.45) is -2.86. The van der Waals surface area contributed by atoms with Crippen molar-refractivity contribution in [2.24, 2.45) is 5.92 Å². The standard InChI is InChI=1S/C12H20F3N3O2/c1-8(2)4-9(16-3)5-11-17-10(18-20-11)6-19-7-12(13,14)15/h8-9,16H,4-7H2,1-3H3. The Morgan fingerprint density at radius 2 is 2.05 bits per heavy atom. The second-order valence-electron chi connectivity index (χ2n) is 5.03. The zero-order chi connectivity index (χ0) is 15.2. The van der Waals surface area contributed by atoms with Crippen molar-refractivity contribution in [3.8, 4) is 0 Å². The van der Waals surface area contributed by atoms with Crippen molar-refractivity contribution in [1.29, 1.82) is 0 Å². The smallest absolute Gasteiger partial charge is 0.364 e. The van der Waals surface area contributed by atoms with E-state index in [1.807, 2.05) is 7.05 Å². The van der Waals surface area contributed by atoms with E-state index >= 15 is 0 Å². The quantitative estimate of drug-likeness (QED) is 0.797. The third-order valence-corrected chi connectivity index (χ3v) is 2.59. The highest BCUT2D eigenvalue weighted by Gasteiger charge is 2.27. The highest BCUT2D eigenvalue weighted by molar-refractivity contribution is 4.88. The number of hydrogen-bond acceptors (Lipinski definition) is 5. The van der Waals surface area contributed by atoms with Gasteiger partial charge in [0.25, 0.3) is 0 Å². The molecule has 0 saturated heterocycles. The van der Waals surface area contributed by atoms with Gasteiger partial charge in [0.05, 0.1) is 0 Å². The summed E-state index contributed by atoms with van der Waals surface area (Å²) in [6.45, 7) is 2.59. The molecular weight excluding hydrogens is 275 g/mol. The molecule has 0 radical (unpaired) electrons. The van der Waals surface area contributed by atoms with E-state index in [0.29, 0.717) is 18.2 Å². The third kappa shape index (κ3) is 6.85. The van der Waals surface area contributed by atoms with Gasteiger partial charge in [-0.1, -0.05) is 19.0 Å². The van der Waals surface area contributed by atoms with Crippen LogP contribution in [0.4, 0.5) is 13.2 Å². The molecule has 1 N–H and O–H groups in total. The van der Waals surface area contributed by atoms with Crippen molar-refractivity contribution in [3.05, 3.63) is 11.7 Å². The SMILES string of the molecule is CNC(Cc1nc(COCC(F)(F)F)no1)CC(C)C. The Hall–Kier alpha value is -1.15. The number of halogens is 3. The monoisotopic (exact) mass is 295 g/mol. The molecule has 20 heavy (non-hydrogen) atoms. The molecule has 1 aromatic rings. The zero-order valence-corrected chi connectivity index (χ0v) is 11.8. The molecule has 0 saturated carbocycles. The fourth-order valence-electron chi connectivity index (χ4n) is 1.77. The van der Waals surface area contributed by atoms with Crippen LogP contribution in [0.3, 0.4) is 0 Å². The second-order valence-corrected chi connectivity index (χ2v) is 5.03. The molecule has 0 aromatic carbocycles. The summed E-state index contributed by atoms with van der Waals surface area (Å²) in [7, 11) is 1.84. The van der Waals surface area contributed by atoms with E-state index in [4.69, 9.17) is 4.52 Å². The normalized spacial score (nSPS) is 13.9. The van der Waals surface area contributed by atoms with Gasteiger partial charge >= 0.3 is 6.18 Å². The van der Waals surface area contributed by atoms with Crippen LogP contribution >= 0.6 is 0 Å². The minimum absolute atomic E-state index is 0.128. The summed E-state index contributed by atoms with van der Waals surface area (Å²) in [5.74, 6) is 1.05. The first-order chi connectivity index (χ1) is 9.30. The Kier molecular flexibility index (Phi) is 6.41. The summed E-state index contributed by atoms with van der Waals surface area (Å²) in [5, 5.41) is 6.74. The van der Waals surface area contributed by atoms with Crippen molar-refractivity contribution >= 4 is 0 Å². The topological polar surface area (TPSA) is 60.2 Å². The van der Waals surface area contributed by atoms with Crippen LogP contribution in [-0.2, 0) is 17.8 Å². The molecule has 1 heterocycles. The van der Waals surface area contributed by atoms with Crippen LogP contribution in [-0.4, -0.2) is 36.0 Å². The van der Waals surface area contributed by atoms with Crippen molar-refractivity contribution in [1.82, 2.24) is 15.5 Å². The largest absolute Gasteiger partial charge is 0.411 e. The molecule has 8 heteroatoms. The minimum Gasteiger partial charge on any atom is -0.364 e. The highest BCUT2D eigenvalue weighted by Crippen LogP contribution is 2.15. The molecule has 0 aliphatic carbocycles. The summed E-state index contributed by atoms with van der Waals surface area (Å²) in [5.41, 5.74) is 0. The van der Waals surface area contributed by atoms with Gasteiger partial charge in [0.15, 0.2) is 5.82 Å². The molecule has 0 amide bonds. The van der Waals surface area contributed by atoms with Crippen molar-refractivity contribution < 1.29 is 22.4 Å². The Labute approximate surface area is 115 Å². The minimum atomic E-state index is -4.35. The van der Waals surface area contributed by atoms with E-state index in [-0.39, 0.29) is 18.5 Å². The van der Waals surface area contributed by atoms with Crippen LogP contribution < -0.4 is 5.32 Å². The molecule has 0 spiro atoms. The first-order valence-corrected chi connectivity index (χ1v) is 6.43. The van der Waals surface area contributed by atoms with E-state index < -0.39 is 12.8 Å². The molecule has 0 bridgehead atoms. The summed E-state index contributed by atoms with van der Waals surface area (Å²) < 4.78 is 45.2. The average Bonchev–Trinajstić information content (AvgIpc) is 2.73. The van der Waals surface area contributed by atoms with Gasteiger partial charge < -0.3 is 14.6 Å². The Morgan fingerprint density at radius 3 is 2.60 bits per heavy atom. The van der Waals surface area contributed by atoms with Crippen molar-refractivity contribution in [2.75, 3.05) is 13.7 Å². The molecule has 1 atom stereocenters. The molecule has 1 unspecified atom stereocenters. The number of rotatable bonds is 8. The lowest BCUT2D eigenvalue weighted by atomic mass is 10.0. The van der Waals surface area contributed by atoms with Gasteiger partial charge in [-0.25, -0.2) is 0 Å². The number of nitrogens with zero attached hydrogens (tertiary/aromatic N) is 2. The third-order valence-electron chi connectivity index (χ3n) is 2.59. The number of nitrogens with one attached hydrogen (secondary N) is 1. The Morgan fingerprint density at radius 1 is 1.35 bits per heavy atom. The lowest BCUT2D eigenvalue weighted by molar-refractivity contribution is -0.177. The zero-order valence-electron chi connectivity index (χ0n) is 11.8. The number of likely N-dealkylation sites (N-methyl/N-ethyl adjacent to an activating group) is 1. The maximum atomic E-state index is 11.9. The van der Waals surface area contributed by atoms with E-state index in [0.717, 1.165) is 6.42 Å². The molecular formula is C12H20F3N3O2. The van der Waals surface area contributed by atoms with Gasteiger partial charge in [-0.15, -0.1) is 0 Å². The lowest BCUT2D eigenvalue weighted by Gasteiger charge is -2.15. The predicted molar refractivity (Wildman–Crippen MR) is 66.0 cm³/mol. The predicted octanol–water partition coefficient (Wildman–Crippen LogP) is 2.33. The fraction of sp³-hybridized carbons (Fsp3) is 0.833. The Bertz CT molecular complexity index is 394. The highest BCUT2D eigenvalue weighted by atomic mass is 19.4. The van der Waals surface area contributed by atoms with Crippen LogP contribution in [0.15, 0.2) is 4.52 Å². The van der Waals surface area contributed by atoms with E-state index in [1.165, 1.54) is 0 Å². The van der Waals surface area contributed by atoms with E-state index in [1.54, 1.807) is 0 Å². The van der Waals surface area contributed by atoms with Crippen LogP contribution in [0.2, 0.25) is 0 Å². The van der Waals surface area contributed by atoms with Gasteiger partial charge in [0, 0.05) is 12.5 Å². The van der Waals surface area contributed by atoms with Crippen LogP contribution in [0, 0.1) is 5.92 Å². The molecule has 0 aliphatic heterocycles. The molecule has 1 rings (SSSR count). The van der Waals surface area contributed by atoms with E-state index in [9.17, 15) is 13.2 Å². The molecule has 116 valence electrons. The van der Waals surface area contributed by atoms with Crippen LogP contribution in [0.25, 0.3) is 0 Å². The first-order valence-electron chi connectivity index (χ1n) is 6.43. The molecule has 0 aliphatic rings. The number of hydrogen-bond donors (Lipinski definition) is 1. The van der Waals surface area contributed by atoms with Gasteiger partial charge in [0.1, 0.15) is 13.2 Å². The van der Waals surface area contributed by atoms with Gasteiger partial charge in [-0.2, -0.15) is 18.2 Å². The summed E-state index contributed by atoms with van der Waals surface area (Å²) in [4.78, 5) is 4.01. The average molecular weight is 295 g/mol. The molecule has 5 nitrogen and oxygen atoms in total. The molecule has 1 aromatic heterocycles. The summed E-state index contributed by atoms with van der Waals surface area (Å²) in [6, 6.07) is 0.194. The van der Waals surface area contributed by atoms with Gasteiger partial charge in [-0.05, 0) is 19.4 Å².